The van der Waals surface area contributed by atoms with Crippen LogP contribution in [0, 0.1) is 10.8 Å². The molecule has 4 aliphatic rings. The maximum absolute atomic E-state index is 13.6. The van der Waals surface area contributed by atoms with Gasteiger partial charge in [-0.05, 0) is 68.1 Å². The number of hydrogen-bond acceptors (Lipinski definition) is 5. The molecule has 9 heteroatoms. The Morgan fingerprint density at radius 2 is 1.60 bits per heavy atom. The third-order valence-corrected chi connectivity index (χ3v) is 12.2. The summed E-state index contributed by atoms with van der Waals surface area (Å²) in [5, 5.41) is 0. The fraction of sp³-hybridized carbons (Fsp3) is 0.694. The highest BCUT2D eigenvalue weighted by molar-refractivity contribution is 14.1. The number of halogens is 4. The molecule has 0 bridgehead atoms. The van der Waals surface area contributed by atoms with Crippen LogP contribution in [0.5, 0.6) is 0 Å². The van der Waals surface area contributed by atoms with Crippen molar-refractivity contribution < 1.29 is 32.1 Å². The van der Waals surface area contributed by atoms with Crippen LogP contribution in [0.25, 0.3) is 0 Å². The lowest BCUT2D eigenvalue weighted by Crippen LogP contribution is -2.46. The minimum Gasteiger partial charge on any atom is -0.381 e. The van der Waals surface area contributed by atoms with Crippen molar-refractivity contribution in [3.05, 3.63) is 63.5 Å². The predicted molar refractivity (Wildman–Crippen MR) is 176 cm³/mol. The van der Waals surface area contributed by atoms with Gasteiger partial charge in [-0.3, -0.25) is 4.98 Å². The molecule has 4 atom stereocenters. The molecule has 0 amide bonds. The summed E-state index contributed by atoms with van der Waals surface area (Å²) < 4.78 is 67.1. The minimum absolute atomic E-state index is 0.00213. The molecule has 1 aromatic carbocycles. The molecule has 0 radical (unpaired) electrons. The van der Waals surface area contributed by atoms with Gasteiger partial charge in [0.2, 0.25) is 0 Å². The van der Waals surface area contributed by atoms with Crippen LogP contribution in [-0.2, 0) is 37.1 Å². The summed E-state index contributed by atoms with van der Waals surface area (Å²) in [6.07, 6.45) is -1.13. The van der Waals surface area contributed by atoms with Crippen molar-refractivity contribution in [2.75, 3.05) is 26.4 Å². The second kappa shape index (κ2) is 11.7. The Hall–Kier alpha value is -1.27. The van der Waals surface area contributed by atoms with Crippen molar-refractivity contribution in [2.24, 2.45) is 10.8 Å². The smallest absolute Gasteiger partial charge is 0.381 e. The average Bonchev–Trinajstić information content (AvgIpc) is 3.28. The van der Waals surface area contributed by atoms with E-state index in [1.807, 2.05) is 0 Å². The molecular formula is C36H47F3INO4. The van der Waals surface area contributed by atoms with E-state index in [2.05, 4.69) is 71.1 Å². The number of pyridine rings is 1. The first-order chi connectivity index (χ1) is 20.9. The van der Waals surface area contributed by atoms with Crippen LogP contribution >= 0.6 is 22.6 Å². The summed E-state index contributed by atoms with van der Waals surface area (Å²) in [5.74, 6) is 0.177. The van der Waals surface area contributed by atoms with Crippen molar-refractivity contribution in [1.82, 2.24) is 4.98 Å². The molecule has 0 N–H and O–H groups in total. The number of rotatable bonds is 4. The quantitative estimate of drug-likeness (QED) is 0.231. The largest absolute Gasteiger partial charge is 0.416 e. The Kier molecular flexibility index (Phi) is 8.75. The van der Waals surface area contributed by atoms with Gasteiger partial charge in [0, 0.05) is 54.5 Å². The van der Waals surface area contributed by atoms with Gasteiger partial charge >= 0.3 is 6.18 Å². The van der Waals surface area contributed by atoms with Crippen LogP contribution in [0.4, 0.5) is 13.2 Å². The van der Waals surface area contributed by atoms with Gasteiger partial charge in [0.15, 0.2) is 0 Å². The lowest BCUT2D eigenvalue weighted by atomic mass is 9.69. The van der Waals surface area contributed by atoms with Gasteiger partial charge in [-0.25, -0.2) is 0 Å². The molecule has 45 heavy (non-hydrogen) atoms. The molecule has 1 aromatic heterocycles. The fourth-order valence-electron chi connectivity index (χ4n) is 7.46. The summed E-state index contributed by atoms with van der Waals surface area (Å²) in [4.78, 5) is 5.55. The molecule has 0 saturated carbocycles. The number of benzene rings is 1. The van der Waals surface area contributed by atoms with Crippen LogP contribution in [0.2, 0.25) is 0 Å². The van der Waals surface area contributed by atoms with Crippen LogP contribution in [0.15, 0.2) is 24.3 Å². The lowest BCUT2D eigenvalue weighted by molar-refractivity contribution is -0.148. The highest BCUT2D eigenvalue weighted by Crippen LogP contribution is 2.60. The Morgan fingerprint density at radius 3 is 2.20 bits per heavy atom. The van der Waals surface area contributed by atoms with Gasteiger partial charge in [0.25, 0.3) is 0 Å². The Morgan fingerprint density at radius 1 is 0.933 bits per heavy atom. The first-order valence-electron chi connectivity index (χ1n) is 16.3. The zero-order valence-electron chi connectivity index (χ0n) is 27.6. The van der Waals surface area contributed by atoms with E-state index in [1.165, 1.54) is 12.1 Å². The van der Waals surface area contributed by atoms with Crippen molar-refractivity contribution in [1.29, 1.82) is 0 Å². The summed E-state index contributed by atoms with van der Waals surface area (Å²) >= 11 is 2.47. The predicted octanol–water partition coefficient (Wildman–Crippen LogP) is 9.39. The molecule has 1 spiro atoms. The van der Waals surface area contributed by atoms with Crippen molar-refractivity contribution in [2.45, 2.75) is 120 Å². The number of nitrogens with zero attached hydrogens (tertiary/aromatic N) is 1. The van der Waals surface area contributed by atoms with E-state index in [4.69, 9.17) is 23.9 Å². The molecule has 3 aliphatic heterocycles. The zero-order chi connectivity index (χ0) is 32.6. The first-order valence-corrected chi connectivity index (χ1v) is 17.6. The summed E-state index contributed by atoms with van der Waals surface area (Å²) in [6.45, 7) is 18.0. The third kappa shape index (κ3) is 6.11. The number of alkyl halides is 4. The minimum atomic E-state index is -4.41. The van der Waals surface area contributed by atoms with Gasteiger partial charge < -0.3 is 18.9 Å². The van der Waals surface area contributed by atoms with E-state index in [9.17, 15) is 13.2 Å². The monoisotopic (exact) mass is 741 g/mol. The van der Waals surface area contributed by atoms with Crippen LogP contribution in [-0.4, -0.2) is 40.9 Å². The lowest BCUT2D eigenvalue weighted by Gasteiger charge is -2.47. The maximum Gasteiger partial charge on any atom is 0.416 e. The molecule has 5 nitrogen and oxygen atoms in total. The Labute approximate surface area is 279 Å². The second-order valence-electron chi connectivity index (χ2n) is 15.7. The Bertz CT molecular complexity index is 1410. The van der Waals surface area contributed by atoms with Gasteiger partial charge in [0.1, 0.15) is 11.7 Å². The molecule has 248 valence electrons. The van der Waals surface area contributed by atoms with E-state index in [0.717, 1.165) is 59.3 Å². The molecule has 1 aliphatic carbocycles. The molecule has 2 saturated heterocycles. The zero-order valence-corrected chi connectivity index (χ0v) is 29.7. The topological polar surface area (TPSA) is 49.8 Å². The number of ether oxygens (including phenoxy) is 4. The first kappa shape index (κ1) is 33.6. The molecular weight excluding hydrogens is 694 g/mol. The number of aromatic nitrogens is 1. The Balaban J connectivity index is 1.63. The summed E-state index contributed by atoms with van der Waals surface area (Å²) in [7, 11) is 0. The van der Waals surface area contributed by atoms with Gasteiger partial charge in [-0.15, -0.1) is 0 Å². The van der Waals surface area contributed by atoms with Gasteiger partial charge in [0.05, 0.1) is 33.5 Å². The molecule has 2 fully saturated rings. The van der Waals surface area contributed by atoms with E-state index in [0.29, 0.717) is 32.8 Å². The molecule has 4 heterocycles. The standard InChI is InChI=1S/C36H47F3INO4/c1-32(2,3)34(6,7)44-25-19-33(4,5)18-24-27(25)29-28(30(41-24)21-12-15-42-16-13-21)31(45-35(29)14-17-43-20-26(35)40)22-8-10-23(11-9-22)36(37,38)39/h8-11,21,25-26,31H,12-20H2,1-7H3. The third-order valence-electron chi connectivity index (χ3n) is 10.9. The van der Waals surface area contributed by atoms with Crippen molar-refractivity contribution >= 4 is 22.6 Å². The SMILES string of the molecule is CC1(C)Cc2nc(C3CCOCC3)c3c(c2C(OC(C)(C)C(C)(C)C)C1)C1(CCOCC1I)OC3c1ccc(C(F)(F)F)cc1. The van der Waals surface area contributed by atoms with Crippen molar-refractivity contribution in [3.63, 3.8) is 0 Å². The summed E-state index contributed by atoms with van der Waals surface area (Å²) in [6, 6.07) is 5.53. The second-order valence-corrected chi connectivity index (χ2v) is 17.2. The number of fused-ring (bicyclic) bond motifs is 4. The molecule has 2 aromatic rings. The van der Waals surface area contributed by atoms with Crippen LogP contribution < -0.4 is 0 Å². The normalized spacial score (nSPS) is 29.1. The van der Waals surface area contributed by atoms with Gasteiger partial charge in [-0.2, -0.15) is 13.2 Å². The summed E-state index contributed by atoms with van der Waals surface area (Å²) in [5.41, 5.74) is 4.22. The van der Waals surface area contributed by atoms with E-state index < -0.39 is 29.0 Å². The van der Waals surface area contributed by atoms with Crippen molar-refractivity contribution in [3.8, 4) is 0 Å². The molecule has 6 rings (SSSR count). The van der Waals surface area contributed by atoms with E-state index in [-0.39, 0.29) is 26.8 Å². The average molecular weight is 742 g/mol. The van der Waals surface area contributed by atoms with E-state index in [1.54, 1.807) is 12.1 Å². The highest BCUT2D eigenvalue weighted by Gasteiger charge is 2.57. The van der Waals surface area contributed by atoms with E-state index >= 15 is 0 Å². The van der Waals surface area contributed by atoms with Crippen LogP contribution in [0.3, 0.4) is 0 Å². The molecule has 4 unspecified atom stereocenters. The van der Waals surface area contributed by atoms with Gasteiger partial charge in [-0.1, -0.05) is 69.3 Å². The maximum atomic E-state index is 13.6. The highest BCUT2D eigenvalue weighted by atomic mass is 127. The van der Waals surface area contributed by atoms with Crippen LogP contribution in [0.1, 0.15) is 131 Å². The fourth-order valence-corrected chi connectivity index (χ4v) is 8.48. The number of hydrogen-bond donors (Lipinski definition) is 0.